The van der Waals surface area contributed by atoms with Gasteiger partial charge < -0.3 is 10.2 Å². The zero-order valence-electron chi connectivity index (χ0n) is 16.8. The lowest BCUT2D eigenvalue weighted by atomic mass is 9.94. The van der Waals surface area contributed by atoms with E-state index >= 15 is 0 Å². The molecule has 0 radical (unpaired) electrons. The number of carbonyl (C=O) groups is 1. The molecule has 168 valence electrons. The van der Waals surface area contributed by atoms with Gasteiger partial charge in [0.25, 0.3) is 11.8 Å². The first-order valence-electron chi connectivity index (χ1n) is 9.93. The average molecular weight is 444 g/mol. The van der Waals surface area contributed by atoms with Gasteiger partial charge in [0, 0.05) is 38.2 Å². The highest BCUT2D eigenvalue weighted by atomic mass is 19.4. The number of hydrogen-bond donors (Lipinski definition) is 1. The minimum atomic E-state index is -4.84. The maximum Gasteiger partial charge on any atom is 0.416 e. The van der Waals surface area contributed by atoms with E-state index in [1.54, 1.807) is 0 Å². The van der Waals surface area contributed by atoms with E-state index in [1.807, 2.05) is 0 Å². The van der Waals surface area contributed by atoms with E-state index in [0.717, 1.165) is 24.3 Å². The number of nitrogens with one attached hydrogen (secondary N) is 1. The molecule has 1 aliphatic rings. The molecule has 9 heteroatoms. The lowest BCUT2D eigenvalue weighted by molar-refractivity contribution is -0.137. The van der Waals surface area contributed by atoms with Crippen molar-refractivity contribution in [3.05, 3.63) is 58.9 Å². The molecule has 0 spiro atoms. The van der Waals surface area contributed by atoms with E-state index in [9.17, 15) is 31.1 Å². The number of nitrogens with zero attached hydrogens (tertiary/aromatic N) is 1. The van der Waals surface area contributed by atoms with E-state index in [1.165, 1.54) is 17.9 Å². The van der Waals surface area contributed by atoms with Crippen molar-refractivity contribution < 1.29 is 31.1 Å². The van der Waals surface area contributed by atoms with Crippen LogP contribution >= 0.6 is 0 Å². The number of alkyl halides is 5. The molecule has 0 bridgehead atoms. The van der Waals surface area contributed by atoms with Crippen LogP contribution in [0.15, 0.2) is 36.4 Å². The summed E-state index contributed by atoms with van der Waals surface area (Å²) < 4.78 is 83.4. The molecule has 2 aromatic rings. The quantitative estimate of drug-likeness (QED) is 0.623. The average Bonchev–Trinajstić information content (AvgIpc) is 2.73. The van der Waals surface area contributed by atoms with Gasteiger partial charge in [0.1, 0.15) is 5.82 Å². The Balaban J connectivity index is 2.08. The molecule has 0 atom stereocenters. The van der Waals surface area contributed by atoms with E-state index in [-0.39, 0.29) is 23.1 Å². The van der Waals surface area contributed by atoms with Crippen LogP contribution in [-0.4, -0.2) is 37.0 Å². The first kappa shape index (κ1) is 23.1. The maximum atomic E-state index is 14.4. The number of benzene rings is 2. The van der Waals surface area contributed by atoms with Gasteiger partial charge in [-0.1, -0.05) is 19.4 Å². The first-order chi connectivity index (χ1) is 14.5. The molecule has 0 aliphatic carbocycles. The van der Waals surface area contributed by atoms with Gasteiger partial charge in [-0.15, -0.1) is 0 Å². The Morgan fingerprint density at radius 1 is 0.968 bits per heavy atom. The first-order valence-corrected chi connectivity index (χ1v) is 9.93. The van der Waals surface area contributed by atoms with Crippen LogP contribution in [0, 0.1) is 5.82 Å². The van der Waals surface area contributed by atoms with Crippen molar-refractivity contribution in [3.8, 4) is 11.1 Å². The second-order valence-corrected chi connectivity index (χ2v) is 7.49. The van der Waals surface area contributed by atoms with E-state index in [4.69, 9.17) is 0 Å². The van der Waals surface area contributed by atoms with Crippen LogP contribution in [0.3, 0.4) is 0 Å². The molecule has 2 aromatic carbocycles. The zero-order valence-corrected chi connectivity index (χ0v) is 16.8. The second-order valence-electron chi connectivity index (χ2n) is 7.49. The van der Waals surface area contributed by atoms with E-state index in [2.05, 4.69) is 5.32 Å². The molecule has 1 saturated heterocycles. The summed E-state index contributed by atoms with van der Waals surface area (Å²) >= 11 is 0. The standard InChI is InChI=1S/C22H22F6N2O/c1-2-5-21(24,25)16-10-15(11-17(13-16)22(26,27)28)14-3-4-19(23)18(12-14)20(31)30-8-6-29-7-9-30/h3-4,10-13,29H,2,5-9H2,1H3. The number of piperazine rings is 1. The summed E-state index contributed by atoms with van der Waals surface area (Å²) in [5.74, 6) is -4.87. The Kier molecular flexibility index (Phi) is 6.64. The molecule has 0 saturated carbocycles. The Labute approximate surface area is 176 Å². The molecule has 31 heavy (non-hydrogen) atoms. The fraction of sp³-hybridized carbons (Fsp3) is 0.409. The fourth-order valence-electron chi connectivity index (χ4n) is 3.53. The minimum absolute atomic E-state index is 0.0551. The number of halogens is 6. The molecule has 1 fully saturated rings. The predicted octanol–water partition coefficient (Wildman–Crippen LogP) is 5.45. The molecule has 1 heterocycles. The molecule has 1 aliphatic heterocycles. The van der Waals surface area contributed by atoms with Crippen molar-refractivity contribution in [2.45, 2.75) is 31.9 Å². The summed E-state index contributed by atoms with van der Waals surface area (Å²) in [7, 11) is 0. The summed E-state index contributed by atoms with van der Waals surface area (Å²) in [6.07, 6.45) is -5.37. The number of amides is 1. The molecular weight excluding hydrogens is 422 g/mol. The van der Waals surface area contributed by atoms with Gasteiger partial charge in [0.2, 0.25) is 0 Å². The zero-order chi connectivity index (χ0) is 22.8. The molecular formula is C22H22F6N2O. The van der Waals surface area contributed by atoms with Gasteiger partial charge in [-0.3, -0.25) is 4.79 Å². The van der Waals surface area contributed by atoms with Gasteiger partial charge in [-0.25, -0.2) is 13.2 Å². The van der Waals surface area contributed by atoms with Crippen LogP contribution in [0.2, 0.25) is 0 Å². The summed E-state index contributed by atoms with van der Waals surface area (Å²) in [6.45, 7) is 3.31. The summed E-state index contributed by atoms with van der Waals surface area (Å²) in [5.41, 5.74) is -2.40. The van der Waals surface area contributed by atoms with Crippen LogP contribution in [0.25, 0.3) is 11.1 Å². The molecule has 0 unspecified atom stereocenters. The molecule has 3 nitrogen and oxygen atoms in total. The number of carbonyl (C=O) groups excluding carboxylic acids is 1. The number of rotatable bonds is 5. The van der Waals surface area contributed by atoms with Gasteiger partial charge in [-0.05, 0) is 41.5 Å². The van der Waals surface area contributed by atoms with E-state index in [0.29, 0.717) is 32.2 Å². The molecule has 0 aromatic heterocycles. The van der Waals surface area contributed by atoms with Crippen molar-refractivity contribution in [2.75, 3.05) is 26.2 Å². The Hall–Kier alpha value is -2.55. The third kappa shape index (κ3) is 5.20. The normalized spacial score (nSPS) is 15.3. The Morgan fingerprint density at radius 3 is 2.23 bits per heavy atom. The van der Waals surface area contributed by atoms with Crippen LogP contribution in [0.1, 0.15) is 41.3 Å². The highest BCUT2D eigenvalue weighted by molar-refractivity contribution is 5.96. The third-order valence-electron chi connectivity index (χ3n) is 5.18. The minimum Gasteiger partial charge on any atom is -0.336 e. The Morgan fingerprint density at radius 2 is 1.61 bits per heavy atom. The van der Waals surface area contributed by atoms with Crippen LogP contribution in [0.4, 0.5) is 26.3 Å². The predicted molar refractivity (Wildman–Crippen MR) is 104 cm³/mol. The highest BCUT2D eigenvalue weighted by Crippen LogP contribution is 2.40. The molecule has 1 N–H and O–H groups in total. The summed E-state index contributed by atoms with van der Waals surface area (Å²) in [4.78, 5) is 14.1. The SMILES string of the molecule is CCCC(F)(F)c1cc(-c2ccc(F)c(C(=O)N3CCNCC3)c2)cc(C(F)(F)F)c1. The van der Waals surface area contributed by atoms with Gasteiger partial charge in [0.15, 0.2) is 0 Å². The highest BCUT2D eigenvalue weighted by Gasteiger charge is 2.36. The number of hydrogen-bond acceptors (Lipinski definition) is 2. The maximum absolute atomic E-state index is 14.4. The van der Waals surface area contributed by atoms with Gasteiger partial charge in [-0.2, -0.15) is 13.2 Å². The topological polar surface area (TPSA) is 32.3 Å². The van der Waals surface area contributed by atoms with Crippen molar-refractivity contribution in [3.63, 3.8) is 0 Å². The lowest BCUT2D eigenvalue weighted by Gasteiger charge is -2.27. The van der Waals surface area contributed by atoms with Crippen molar-refractivity contribution in [1.82, 2.24) is 10.2 Å². The molecule has 1 amide bonds. The second kappa shape index (κ2) is 8.90. The van der Waals surface area contributed by atoms with Crippen LogP contribution in [0.5, 0.6) is 0 Å². The fourth-order valence-corrected chi connectivity index (χ4v) is 3.53. The largest absolute Gasteiger partial charge is 0.416 e. The van der Waals surface area contributed by atoms with Crippen LogP contribution in [-0.2, 0) is 12.1 Å². The van der Waals surface area contributed by atoms with Crippen molar-refractivity contribution in [2.24, 2.45) is 0 Å². The smallest absolute Gasteiger partial charge is 0.336 e. The van der Waals surface area contributed by atoms with Gasteiger partial charge >= 0.3 is 6.18 Å². The lowest BCUT2D eigenvalue weighted by Crippen LogP contribution is -2.46. The van der Waals surface area contributed by atoms with Crippen LogP contribution < -0.4 is 5.32 Å². The monoisotopic (exact) mass is 444 g/mol. The summed E-state index contributed by atoms with van der Waals surface area (Å²) in [6, 6.07) is 5.41. The molecule has 3 rings (SSSR count). The van der Waals surface area contributed by atoms with Gasteiger partial charge in [0.05, 0.1) is 11.1 Å². The Bertz CT molecular complexity index is 952. The van der Waals surface area contributed by atoms with E-state index < -0.39 is 41.4 Å². The summed E-state index contributed by atoms with van der Waals surface area (Å²) in [5, 5.41) is 3.06. The van der Waals surface area contributed by atoms with Crippen molar-refractivity contribution >= 4 is 5.91 Å². The third-order valence-corrected chi connectivity index (χ3v) is 5.18. The van der Waals surface area contributed by atoms with Crippen molar-refractivity contribution in [1.29, 1.82) is 0 Å².